The number of carbonyl (C=O) groups excluding carboxylic acids is 1. The second-order valence-electron chi connectivity index (χ2n) is 4.00. The van der Waals surface area contributed by atoms with Crippen LogP contribution in [0.1, 0.15) is 12.2 Å². The first-order valence-electron chi connectivity index (χ1n) is 6.08. The van der Waals surface area contributed by atoms with Crippen LogP contribution in [0.25, 0.3) is 11.2 Å². The van der Waals surface area contributed by atoms with Gasteiger partial charge in [-0.1, -0.05) is 0 Å². The summed E-state index contributed by atoms with van der Waals surface area (Å²) in [5.41, 5.74) is 1.20. The highest BCUT2D eigenvalue weighted by Crippen LogP contribution is 2.22. The maximum Gasteiger partial charge on any atom is 0.307 e. The van der Waals surface area contributed by atoms with E-state index in [0.29, 0.717) is 35.9 Å². The van der Waals surface area contributed by atoms with Gasteiger partial charge in [-0.2, -0.15) is 4.98 Å². The second kappa shape index (κ2) is 6.51. The van der Waals surface area contributed by atoms with Crippen molar-refractivity contribution in [1.29, 1.82) is 0 Å². The zero-order chi connectivity index (χ0) is 14.5. The van der Waals surface area contributed by atoms with Crippen LogP contribution in [-0.4, -0.2) is 45.6 Å². The highest BCUT2D eigenvalue weighted by molar-refractivity contribution is 6.17. The summed E-state index contributed by atoms with van der Waals surface area (Å²) in [7, 11) is 2.88. The van der Waals surface area contributed by atoms with E-state index < -0.39 is 0 Å². The lowest BCUT2D eigenvalue weighted by molar-refractivity contribution is -0.140. The second-order valence-corrected chi connectivity index (χ2v) is 4.38. The van der Waals surface area contributed by atoms with E-state index in [2.05, 4.69) is 19.7 Å². The summed E-state index contributed by atoms with van der Waals surface area (Å²) >= 11 is 5.79. The van der Waals surface area contributed by atoms with Crippen LogP contribution in [0, 0.1) is 0 Å². The van der Waals surface area contributed by atoms with Gasteiger partial charge in [0.15, 0.2) is 11.2 Å². The number of carbonyl (C=O) groups is 1. The normalized spacial score (nSPS) is 10.8. The van der Waals surface area contributed by atoms with Crippen molar-refractivity contribution in [2.24, 2.45) is 0 Å². The van der Waals surface area contributed by atoms with Crippen molar-refractivity contribution in [3.63, 3.8) is 0 Å². The first kappa shape index (κ1) is 14.5. The molecule has 0 saturated heterocycles. The lowest BCUT2D eigenvalue weighted by atomic mass is 10.4. The number of rotatable bonds is 6. The standard InChI is InChI=1S/C12H15ClN4O3/c1-19-9(18)4-6-17-8(3-5-13)16-10-11(17)14-7-15-12(10)20-2/h7H,3-6H2,1-2H3. The molecule has 2 aromatic rings. The Morgan fingerprint density at radius 3 is 2.85 bits per heavy atom. The number of fused-ring (bicyclic) bond motifs is 1. The molecule has 0 radical (unpaired) electrons. The van der Waals surface area contributed by atoms with E-state index in [1.807, 2.05) is 4.57 Å². The van der Waals surface area contributed by atoms with Gasteiger partial charge in [-0.05, 0) is 0 Å². The molecule has 2 heterocycles. The Bertz CT molecular complexity index is 614. The molecule has 108 valence electrons. The van der Waals surface area contributed by atoms with Crippen LogP contribution in [0.2, 0.25) is 0 Å². The van der Waals surface area contributed by atoms with Crippen LogP contribution in [0.3, 0.4) is 0 Å². The molecule has 0 fully saturated rings. The van der Waals surface area contributed by atoms with Crippen LogP contribution < -0.4 is 4.74 Å². The van der Waals surface area contributed by atoms with E-state index in [-0.39, 0.29) is 12.4 Å². The average Bonchev–Trinajstić information content (AvgIpc) is 2.82. The summed E-state index contributed by atoms with van der Waals surface area (Å²) in [4.78, 5) is 24.0. The zero-order valence-electron chi connectivity index (χ0n) is 11.3. The highest BCUT2D eigenvalue weighted by atomic mass is 35.5. The van der Waals surface area contributed by atoms with Crippen LogP contribution >= 0.6 is 11.6 Å². The molecule has 0 unspecified atom stereocenters. The third-order valence-corrected chi connectivity index (χ3v) is 3.05. The summed E-state index contributed by atoms with van der Waals surface area (Å²) in [5.74, 6) is 1.29. The minimum atomic E-state index is -0.287. The number of hydrogen-bond acceptors (Lipinski definition) is 6. The molecule has 0 aliphatic rings. The quantitative estimate of drug-likeness (QED) is 0.588. The maximum atomic E-state index is 11.3. The molecule has 2 rings (SSSR count). The molecule has 0 N–H and O–H groups in total. The van der Waals surface area contributed by atoms with Gasteiger partial charge in [0.25, 0.3) is 0 Å². The third-order valence-electron chi connectivity index (χ3n) is 2.86. The molecular formula is C12H15ClN4O3. The van der Waals surface area contributed by atoms with Gasteiger partial charge in [-0.3, -0.25) is 4.79 Å². The Morgan fingerprint density at radius 1 is 1.40 bits per heavy atom. The summed E-state index contributed by atoms with van der Waals surface area (Å²) in [6.45, 7) is 0.426. The minimum Gasteiger partial charge on any atom is -0.479 e. The number of alkyl halides is 1. The van der Waals surface area contributed by atoms with Crippen molar-refractivity contribution >= 4 is 28.7 Å². The van der Waals surface area contributed by atoms with E-state index in [1.54, 1.807) is 0 Å². The number of nitrogens with zero attached hydrogens (tertiary/aromatic N) is 4. The number of methoxy groups -OCH3 is 2. The Labute approximate surface area is 120 Å². The van der Waals surface area contributed by atoms with Gasteiger partial charge in [-0.25, -0.2) is 9.97 Å². The fourth-order valence-corrected chi connectivity index (χ4v) is 2.09. The first-order valence-corrected chi connectivity index (χ1v) is 6.61. The first-order chi connectivity index (χ1) is 9.71. The molecule has 20 heavy (non-hydrogen) atoms. The molecule has 0 aliphatic carbocycles. The highest BCUT2D eigenvalue weighted by Gasteiger charge is 2.16. The monoisotopic (exact) mass is 298 g/mol. The van der Waals surface area contributed by atoms with Gasteiger partial charge in [0.1, 0.15) is 12.2 Å². The number of aryl methyl sites for hydroxylation is 2. The molecule has 0 spiro atoms. The molecule has 0 amide bonds. The van der Waals surface area contributed by atoms with Gasteiger partial charge < -0.3 is 14.0 Å². The van der Waals surface area contributed by atoms with Crippen molar-refractivity contribution in [2.75, 3.05) is 20.1 Å². The molecule has 7 nitrogen and oxygen atoms in total. The molecule has 0 atom stereocenters. The zero-order valence-corrected chi connectivity index (χ0v) is 12.1. The Morgan fingerprint density at radius 2 is 2.20 bits per heavy atom. The predicted octanol–water partition coefficient (Wildman–Crippen LogP) is 1.18. The molecule has 0 saturated carbocycles. The number of aromatic nitrogens is 4. The van der Waals surface area contributed by atoms with Crippen molar-refractivity contribution < 1.29 is 14.3 Å². The van der Waals surface area contributed by atoms with Crippen LogP contribution in [-0.2, 0) is 22.5 Å². The predicted molar refractivity (Wildman–Crippen MR) is 72.9 cm³/mol. The average molecular weight is 299 g/mol. The Kier molecular flexibility index (Phi) is 4.73. The lowest BCUT2D eigenvalue weighted by Gasteiger charge is -2.06. The topological polar surface area (TPSA) is 79.1 Å². The Hall–Kier alpha value is -1.89. The number of esters is 1. The molecule has 0 aliphatic heterocycles. The fourth-order valence-electron chi connectivity index (χ4n) is 1.93. The minimum absolute atomic E-state index is 0.240. The lowest BCUT2D eigenvalue weighted by Crippen LogP contribution is -2.10. The van der Waals surface area contributed by atoms with E-state index in [0.717, 1.165) is 5.82 Å². The summed E-state index contributed by atoms with van der Waals surface area (Å²) < 4.78 is 11.7. The van der Waals surface area contributed by atoms with Crippen molar-refractivity contribution in [1.82, 2.24) is 19.5 Å². The smallest absolute Gasteiger partial charge is 0.307 e. The molecule has 8 heteroatoms. The van der Waals surface area contributed by atoms with Gasteiger partial charge in [0.2, 0.25) is 5.88 Å². The van der Waals surface area contributed by atoms with E-state index in [9.17, 15) is 4.79 Å². The number of imidazole rings is 1. The van der Waals surface area contributed by atoms with E-state index in [1.165, 1.54) is 20.5 Å². The molecular weight excluding hydrogens is 284 g/mol. The number of hydrogen-bond donors (Lipinski definition) is 0. The summed E-state index contributed by atoms with van der Waals surface area (Å²) in [6, 6.07) is 0. The van der Waals surface area contributed by atoms with Crippen LogP contribution in [0.5, 0.6) is 5.88 Å². The van der Waals surface area contributed by atoms with Crippen molar-refractivity contribution in [3.05, 3.63) is 12.2 Å². The van der Waals surface area contributed by atoms with E-state index in [4.69, 9.17) is 16.3 Å². The number of halogens is 1. The number of ether oxygens (including phenoxy) is 2. The summed E-state index contributed by atoms with van der Waals surface area (Å²) in [6.07, 6.45) is 2.22. The molecule has 2 aromatic heterocycles. The van der Waals surface area contributed by atoms with Gasteiger partial charge >= 0.3 is 5.97 Å². The maximum absolute atomic E-state index is 11.3. The van der Waals surface area contributed by atoms with Gasteiger partial charge in [-0.15, -0.1) is 11.6 Å². The SMILES string of the molecule is COC(=O)CCn1c(CCCl)nc2c(OC)ncnc21. The van der Waals surface area contributed by atoms with Crippen molar-refractivity contribution in [3.8, 4) is 5.88 Å². The van der Waals surface area contributed by atoms with Gasteiger partial charge in [0.05, 0.1) is 20.6 Å². The van der Waals surface area contributed by atoms with Crippen molar-refractivity contribution in [2.45, 2.75) is 19.4 Å². The van der Waals surface area contributed by atoms with Crippen LogP contribution in [0.15, 0.2) is 6.33 Å². The van der Waals surface area contributed by atoms with Crippen LogP contribution in [0.4, 0.5) is 0 Å². The third kappa shape index (κ3) is 2.82. The summed E-state index contributed by atoms with van der Waals surface area (Å²) in [5, 5.41) is 0. The van der Waals surface area contributed by atoms with Gasteiger partial charge in [0, 0.05) is 18.8 Å². The molecule has 0 bridgehead atoms. The fraction of sp³-hybridized carbons (Fsp3) is 0.500. The molecule has 0 aromatic carbocycles. The Balaban J connectivity index is 2.43. The largest absolute Gasteiger partial charge is 0.479 e. The van der Waals surface area contributed by atoms with E-state index >= 15 is 0 Å².